The van der Waals surface area contributed by atoms with E-state index in [4.69, 9.17) is 35.4 Å². The first-order chi connectivity index (χ1) is 7.49. The summed E-state index contributed by atoms with van der Waals surface area (Å²) in [5, 5.41) is 4.59. The summed E-state index contributed by atoms with van der Waals surface area (Å²) in [4.78, 5) is 0. The Morgan fingerprint density at radius 1 is 1.25 bits per heavy atom. The van der Waals surface area contributed by atoms with Crippen LogP contribution in [-0.4, -0.2) is 11.2 Å². The molecule has 0 aromatic heterocycles. The van der Waals surface area contributed by atoms with Gasteiger partial charge in [0.25, 0.3) is 0 Å². The maximum Gasteiger partial charge on any atom is 0.185 e. The van der Waals surface area contributed by atoms with Crippen molar-refractivity contribution in [2.75, 3.05) is 5.43 Å². The molecule has 0 aliphatic rings. The van der Waals surface area contributed by atoms with E-state index in [0.717, 1.165) is 5.69 Å². The second-order valence-corrected chi connectivity index (χ2v) is 4.73. The lowest BCUT2D eigenvalue weighted by Crippen LogP contribution is -2.41. The highest BCUT2D eigenvalue weighted by atomic mass is 35.5. The molecular formula is C10H13Cl2N3S. The van der Waals surface area contributed by atoms with Crippen molar-refractivity contribution >= 4 is 46.2 Å². The Kier molecular flexibility index (Phi) is 5.12. The van der Waals surface area contributed by atoms with Crippen molar-refractivity contribution < 1.29 is 0 Å². The summed E-state index contributed by atoms with van der Waals surface area (Å²) >= 11 is 16.7. The highest BCUT2D eigenvalue weighted by molar-refractivity contribution is 7.80. The van der Waals surface area contributed by atoms with Crippen molar-refractivity contribution in [2.24, 2.45) is 0 Å². The Hall–Kier alpha value is -0.710. The van der Waals surface area contributed by atoms with E-state index in [9.17, 15) is 0 Å². The van der Waals surface area contributed by atoms with Crippen LogP contribution >= 0.6 is 35.4 Å². The number of rotatable bonds is 3. The molecule has 6 heteroatoms. The van der Waals surface area contributed by atoms with Crippen molar-refractivity contribution in [3.63, 3.8) is 0 Å². The predicted octanol–water partition coefficient (Wildman–Crippen LogP) is 3.19. The molecule has 0 radical (unpaired) electrons. The first-order valence-electron chi connectivity index (χ1n) is 4.76. The molecule has 1 rings (SSSR count). The van der Waals surface area contributed by atoms with E-state index in [0.29, 0.717) is 15.2 Å². The normalized spacial score (nSPS) is 10.1. The number of anilines is 1. The molecule has 3 nitrogen and oxygen atoms in total. The molecule has 0 saturated heterocycles. The minimum Gasteiger partial charge on any atom is -0.359 e. The van der Waals surface area contributed by atoms with Gasteiger partial charge in [-0.25, -0.2) is 0 Å². The summed E-state index contributed by atoms with van der Waals surface area (Å²) in [5.74, 6) is 0. The van der Waals surface area contributed by atoms with E-state index in [1.54, 1.807) is 18.2 Å². The second kappa shape index (κ2) is 6.13. The molecule has 3 N–H and O–H groups in total. The van der Waals surface area contributed by atoms with Crippen LogP contribution < -0.4 is 16.2 Å². The van der Waals surface area contributed by atoms with Crippen molar-refractivity contribution in [1.82, 2.24) is 10.7 Å². The van der Waals surface area contributed by atoms with E-state index >= 15 is 0 Å². The SMILES string of the molecule is CC(C)NC(=S)NNc1ccc(Cl)c(Cl)c1. The van der Waals surface area contributed by atoms with Crippen LogP contribution in [0.1, 0.15) is 13.8 Å². The molecule has 0 unspecified atom stereocenters. The minimum absolute atomic E-state index is 0.288. The van der Waals surface area contributed by atoms with Crippen LogP contribution in [0.25, 0.3) is 0 Å². The Bertz CT molecular complexity index is 382. The first kappa shape index (κ1) is 13.4. The van der Waals surface area contributed by atoms with Crippen molar-refractivity contribution in [1.29, 1.82) is 0 Å². The number of thiocarbonyl (C=S) groups is 1. The van der Waals surface area contributed by atoms with Gasteiger partial charge >= 0.3 is 0 Å². The Labute approximate surface area is 110 Å². The fourth-order valence-electron chi connectivity index (χ4n) is 1.00. The van der Waals surface area contributed by atoms with Crippen LogP contribution in [0, 0.1) is 0 Å². The number of hydrogen-bond donors (Lipinski definition) is 3. The fourth-order valence-corrected chi connectivity index (χ4v) is 1.59. The molecule has 0 heterocycles. The van der Waals surface area contributed by atoms with Crippen LogP contribution in [-0.2, 0) is 0 Å². The lowest BCUT2D eigenvalue weighted by Gasteiger charge is -2.14. The highest BCUT2D eigenvalue weighted by Gasteiger charge is 2.00. The number of hydrazine groups is 1. The molecule has 0 amide bonds. The lowest BCUT2D eigenvalue weighted by atomic mass is 10.3. The van der Waals surface area contributed by atoms with Gasteiger partial charge in [-0.1, -0.05) is 23.2 Å². The molecule has 0 atom stereocenters. The zero-order valence-corrected chi connectivity index (χ0v) is 11.3. The topological polar surface area (TPSA) is 36.1 Å². The molecule has 1 aromatic rings. The first-order valence-corrected chi connectivity index (χ1v) is 5.93. The molecule has 0 aliphatic heterocycles. The van der Waals surface area contributed by atoms with E-state index in [-0.39, 0.29) is 6.04 Å². The smallest absolute Gasteiger partial charge is 0.185 e. The molecule has 0 saturated carbocycles. The quantitative estimate of drug-likeness (QED) is 0.586. The van der Waals surface area contributed by atoms with E-state index < -0.39 is 0 Å². The second-order valence-electron chi connectivity index (χ2n) is 3.51. The fraction of sp³-hybridized carbons (Fsp3) is 0.300. The molecule has 0 spiro atoms. The van der Waals surface area contributed by atoms with Crippen LogP contribution in [0.3, 0.4) is 0 Å². The third kappa shape index (κ3) is 4.43. The van der Waals surface area contributed by atoms with Gasteiger partial charge in [0, 0.05) is 6.04 Å². The summed E-state index contributed by atoms with van der Waals surface area (Å²) in [7, 11) is 0. The molecular weight excluding hydrogens is 265 g/mol. The standard InChI is InChI=1S/C10H13Cl2N3S/c1-6(2)13-10(16)15-14-7-3-4-8(11)9(12)5-7/h3-6,14H,1-2H3,(H2,13,15,16). The number of halogens is 2. The molecule has 0 bridgehead atoms. The minimum atomic E-state index is 0.288. The van der Waals surface area contributed by atoms with Gasteiger partial charge in [-0.2, -0.15) is 0 Å². The average Bonchev–Trinajstić information content (AvgIpc) is 2.19. The van der Waals surface area contributed by atoms with Crippen LogP contribution in [0.15, 0.2) is 18.2 Å². The van der Waals surface area contributed by atoms with E-state index in [1.165, 1.54) is 0 Å². The Morgan fingerprint density at radius 2 is 1.94 bits per heavy atom. The monoisotopic (exact) mass is 277 g/mol. The van der Waals surface area contributed by atoms with E-state index in [1.807, 2.05) is 13.8 Å². The Morgan fingerprint density at radius 3 is 2.50 bits per heavy atom. The van der Waals surface area contributed by atoms with Gasteiger partial charge in [0.2, 0.25) is 0 Å². The van der Waals surface area contributed by atoms with Gasteiger partial charge in [-0.15, -0.1) is 0 Å². The molecule has 16 heavy (non-hydrogen) atoms. The largest absolute Gasteiger partial charge is 0.359 e. The number of nitrogens with one attached hydrogen (secondary N) is 3. The van der Waals surface area contributed by atoms with Gasteiger partial charge in [-0.05, 0) is 44.3 Å². The highest BCUT2D eigenvalue weighted by Crippen LogP contribution is 2.24. The summed E-state index contributed by atoms with van der Waals surface area (Å²) in [6.07, 6.45) is 0. The predicted molar refractivity (Wildman–Crippen MR) is 74.1 cm³/mol. The van der Waals surface area contributed by atoms with Gasteiger partial charge in [0.1, 0.15) is 0 Å². The maximum atomic E-state index is 5.87. The number of hydrogen-bond acceptors (Lipinski definition) is 2. The average molecular weight is 278 g/mol. The van der Waals surface area contributed by atoms with Gasteiger partial charge in [-0.3, -0.25) is 10.9 Å². The zero-order valence-electron chi connectivity index (χ0n) is 8.97. The maximum absolute atomic E-state index is 5.87. The summed E-state index contributed by atoms with van der Waals surface area (Å²) in [6.45, 7) is 4.01. The third-order valence-corrected chi connectivity index (χ3v) is 2.62. The summed E-state index contributed by atoms with van der Waals surface area (Å²) in [5.41, 5.74) is 6.56. The zero-order chi connectivity index (χ0) is 12.1. The molecule has 88 valence electrons. The molecule has 0 fully saturated rings. The van der Waals surface area contributed by atoms with Crippen LogP contribution in [0.2, 0.25) is 10.0 Å². The molecule has 1 aromatic carbocycles. The van der Waals surface area contributed by atoms with Crippen molar-refractivity contribution in [3.05, 3.63) is 28.2 Å². The van der Waals surface area contributed by atoms with Gasteiger partial charge in [0.15, 0.2) is 5.11 Å². The summed E-state index contributed by atoms with van der Waals surface area (Å²) in [6, 6.07) is 5.52. The van der Waals surface area contributed by atoms with Crippen molar-refractivity contribution in [2.45, 2.75) is 19.9 Å². The van der Waals surface area contributed by atoms with E-state index in [2.05, 4.69) is 16.2 Å². The Balaban J connectivity index is 2.48. The number of benzene rings is 1. The van der Waals surface area contributed by atoms with Crippen molar-refractivity contribution in [3.8, 4) is 0 Å². The van der Waals surface area contributed by atoms with Crippen LogP contribution in [0.5, 0.6) is 0 Å². The third-order valence-electron chi connectivity index (χ3n) is 1.66. The van der Waals surface area contributed by atoms with Gasteiger partial charge in [0.05, 0.1) is 15.7 Å². The summed E-state index contributed by atoms with van der Waals surface area (Å²) < 4.78 is 0. The van der Waals surface area contributed by atoms with Crippen LogP contribution in [0.4, 0.5) is 5.69 Å². The van der Waals surface area contributed by atoms with Gasteiger partial charge < -0.3 is 5.32 Å². The molecule has 0 aliphatic carbocycles. The lowest BCUT2D eigenvalue weighted by molar-refractivity contribution is 0.724.